The molecule has 0 aromatic rings. The van der Waals surface area contributed by atoms with E-state index < -0.39 is 0 Å². The molecule has 0 fully saturated rings. The summed E-state index contributed by atoms with van der Waals surface area (Å²) in [6.45, 7) is 7.63. The molecule has 48 valence electrons. The molecule has 0 amide bonds. The maximum absolute atomic E-state index is 3.76. The zero-order chi connectivity index (χ0) is 6.41. The van der Waals surface area contributed by atoms with Crippen LogP contribution >= 0.6 is 0 Å². The van der Waals surface area contributed by atoms with E-state index in [0.717, 1.165) is 18.8 Å². The molecule has 0 aliphatic heterocycles. The fourth-order valence-corrected chi connectivity index (χ4v) is 0.526. The minimum atomic E-state index is 0.855. The number of likely N-dealkylation sites (N-methyl/N-ethyl adjacent to an activating group) is 2. The molecular formula is C6H14N2. The van der Waals surface area contributed by atoms with E-state index in [0.29, 0.717) is 0 Å². The van der Waals surface area contributed by atoms with Crippen molar-refractivity contribution >= 4 is 0 Å². The van der Waals surface area contributed by atoms with Gasteiger partial charge in [-0.2, -0.15) is 0 Å². The van der Waals surface area contributed by atoms with Crippen LogP contribution in [0.2, 0.25) is 0 Å². The van der Waals surface area contributed by atoms with Gasteiger partial charge in [0.05, 0.1) is 0 Å². The van der Waals surface area contributed by atoms with Gasteiger partial charge in [-0.1, -0.05) is 6.58 Å². The van der Waals surface area contributed by atoms with E-state index in [1.54, 1.807) is 0 Å². The van der Waals surface area contributed by atoms with Gasteiger partial charge in [0.1, 0.15) is 0 Å². The second kappa shape index (κ2) is 4.65. The van der Waals surface area contributed by atoms with Gasteiger partial charge in [-0.15, -0.1) is 0 Å². The van der Waals surface area contributed by atoms with Crippen LogP contribution in [0.5, 0.6) is 0 Å². The first kappa shape index (κ1) is 7.50. The third-order valence-electron chi connectivity index (χ3n) is 0.817. The van der Waals surface area contributed by atoms with Gasteiger partial charge in [0, 0.05) is 18.8 Å². The minimum Gasteiger partial charge on any atom is -0.388 e. The van der Waals surface area contributed by atoms with Gasteiger partial charge in [0.15, 0.2) is 0 Å². The van der Waals surface area contributed by atoms with E-state index in [4.69, 9.17) is 0 Å². The van der Waals surface area contributed by atoms with Gasteiger partial charge in [-0.25, -0.2) is 0 Å². The molecule has 0 radical (unpaired) electrons. The maximum Gasteiger partial charge on any atom is 0.0345 e. The molecule has 8 heavy (non-hydrogen) atoms. The van der Waals surface area contributed by atoms with E-state index in [2.05, 4.69) is 24.1 Å². The molecule has 0 aromatic heterocycles. The van der Waals surface area contributed by atoms with E-state index in [1.165, 1.54) is 0 Å². The lowest BCUT2D eigenvalue weighted by molar-refractivity contribution is 0.767. The summed E-state index contributed by atoms with van der Waals surface area (Å²) >= 11 is 0. The molecule has 0 saturated heterocycles. The van der Waals surface area contributed by atoms with Crippen molar-refractivity contribution in [3.8, 4) is 0 Å². The quantitative estimate of drug-likeness (QED) is 0.550. The molecule has 0 unspecified atom stereocenters. The third-order valence-corrected chi connectivity index (χ3v) is 0.817. The molecule has 2 nitrogen and oxygen atoms in total. The van der Waals surface area contributed by atoms with Crippen LogP contribution in [0.3, 0.4) is 0 Å². The van der Waals surface area contributed by atoms with Crippen LogP contribution in [0.4, 0.5) is 0 Å². The van der Waals surface area contributed by atoms with Crippen LogP contribution in [0.1, 0.15) is 6.92 Å². The van der Waals surface area contributed by atoms with E-state index in [1.807, 2.05) is 7.05 Å². The van der Waals surface area contributed by atoms with Crippen molar-refractivity contribution < 1.29 is 0 Å². The molecule has 2 N–H and O–H groups in total. The normalized spacial score (nSPS) is 8.75. The molecule has 0 atom stereocenters. The third kappa shape index (κ3) is 3.68. The van der Waals surface area contributed by atoms with E-state index in [9.17, 15) is 0 Å². The number of hydrogen-bond donors (Lipinski definition) is 2. The highest BCUT2D eigenvalue weighted by atomic mass is 14.9. The summed E-state index contributed by atoms with van der Waals surface area (Å²) in [6.07, 6.45) is 0. The second-order valence-corrected chi connectivity index (χ2v) is 1.66. The minimum absolute atomic E-state index is 0.855. The predicted octanol–water partition coefficient (Wildman–Crippen LogP) is 0.329. The van der Waals surface area contributed by atoms with Crippen molar-refractivity contribution in [2.24, 2.45) is 0 Å². The molecular weight excluding hydrogens is 100 g/mol. The molecule has 0 aromatic carbocycles. The Bertz CT molecular complexity index is 60.9. The molecule has 0 aliphatic rings. The molecule has 0 heterocycles. The Morgan fingerprint density at radius 3 is 2.62 bits per heavy atom. The fraction of sp³-hybridized carbons (Fsp3) is 0.667. The summed E-state index contributed by atoms with van der Waals surface area (Å²) in [5.41, 5.74) is 1.05. The first-order valence-electron chi connectivity index (χ1n) is 2.87. The largest absolute Gasteiger partial charge is 0.388 e. The van der Waals surface area contributed by atoms with Crippen molar-refractivity contribution in [1.82, 2.24) is 10.6 Å². The van der Waals surface area contributed by atoms with Crippen molar-refractivity contribution in [3.63, 3.8) is 0 Å². The molecule has 0 spiro atoms. The highest BCUT2D eigenvalue weighted by Crippen LogP contribution is 1.75. The Morgan fingerprint density at radius 1 is 1.62 bits per heavy atom. The summed E-state index contributed by atoms with van der Waals surface area (Å²) in [5, 5.41) is 6.08. The van der Waals surface area contributed by atoms with Gasteiger partial charge < -0.3 is 10.6 Å². The van der Waals surface area contributed by atoms with Crippen LogP contribution in [-0.2, 0) is 0 Å². The number of rotatable bonds is 4. The highest BCUT2D eigenvalue weighted by Gasteiger charge is 1.83. The van der Waals surface area contributed by atoms with Gasteiger partial charge in [-0.3, -0.25) is 0 Å². The average molecular weight is 114 g/mol. The zero-order valence-electron chi connectivity index (χ0n) is 5.62. The monoisotopic (exact) mass is 114 g/mol. The molecule has 0 aliphatic carbocycles. The highest BCUT2D eigenvalue weighted by molar-refractivity contribution is 4.92. The van der Waals surface area contributed by atoms with Gasteiger partial charge in [0.25, 0.3) is 0 Å². The average Bonchev–Trinajstić information content (AvgIpc) is 1.68. The topological polar surface area (TPSA) is 24.1 Å². The molecule has 0 bridgehead atoms. The van der Waals surface area contributed by atoms with Gasteiger partial charge in [-0.05, 0) is 14.0 Å². The van der Waals surface area contributed by atoms with Crippen LogP contribution in [-0.4, -0.2) is 20.1 Å². The Labute approximate surface area is 51.0 Å². The first-order chi connectivity index (χ1) is 3.81. The zero-order valence-corrected chi connectivity index (χ0v) is 5.62. The number of hydrogen-bond acceptors (Lipinski definition) is 2. The van der Waals surface area contributed by atoms with Crippen molar-refractivity contribution in [1.29, 1.82) is 0 Å². The first-order valence-corrected chi connectivity index (χ1v) is 2.87. The lowest BCUT2D eigenvalue weighted by atomic mass is 10.5. The van der Waals surface area contributed by atoms with Crippen LogP contribution in [0.25, 0.3) is 0 Å². The van der Waals surface area contributed by atoms with Gasteiger partial charge in [0.2, 0.25) is 0 Å². The van der Waals surface area contributed by atoms with Crippen LogP contribution < -0.4 is 10.6 Å². The summed E-state index contributed by atoms with van der Waals surface area (Å²) in [4.78, 5) is 0. The Morgan fingerprint density at radius 2 is 2.25 bits per heavy atom. The van der Waals surface area contributed by atoms with E-state index >= 15 is 0 Å². The Balaban J connectivity index is 3.06. The van der Waals surface area contributed by atoms with Crippen molar-refractivity contribution in [3.05, 3.63) is 12.3 Å². The Hall–Kier alpha value is -0.500. The summed E-state index contributed by atoms with van der Waals surface area (Å²) in [6, 6.07) is 0. The summed E-state index contributed by atoms with van der Waals surface area (Å²) < 4.78 is 0. The van der Waals surface area contributed by atoms with Crippen LogP contribution in [0.15, 0.2) is 12.3 Å². The second-order valence-electron chi connectivity index (χ2n) is 1.66. The number of nitrogens with one attached hydrogen (secondary N) is 2. The van der Waals surface area contributed by atoms with E-state index in [-0.39, 0.29) is 0 Å². The molecule has 0 saturated carbocycles. The fourth-order valence-electron chi connectivity index (χ4n) is 0.526. The van der Waals surface area contributed by atoms with Crippen molar-refractivity contribution in [2.75, 3.05) is 20.1 Å². The van der Waals surface area contributed by atoms with Gasteiger partial charge >= 0.3 is 0 Å². The molecule has 2 heteroatoms. The smallest absolute Gasteiger partial charge is 0.0345 e. The lowest BCUT2D eigenvalue weighted by Crippen LogP contribution is -2.21. The maximum atomic E-state index is 3.76. The SMILES string of the molecule is C=C(CNC)NCC. The Kier molecular flexibility index (Phi) is 4.36. The lowest BCUT2D eigenvalue weighted by Gasteiger charge is -2.03. The summed E-state index contributed by atoms with van der Waals surface area (Å²) in [7, 11) is 1.91. The van der Waals surface area contributed by atoms with Crippen molar-refractivity contribution in [2.45, 2.75) is 6.92 Å². The van der Waals surface area contributed by atoms with Crippen LogP contribution in [0, 0.1) is 0 Å². The summed E-state index contributed by atoms with van der Waals surface area (Å²) in [5.74, 6) is 0. The standard InChI is InChI=1S/C6H14N2/c1-4-8-6(2)5-7-3/h7-8H,2,4-5H2,1,3H3. The molecule has 0 rings (SSSR count). The predicted molar refractivity (Wildman–Crippen MR) is 36.7 cm³/mol.